The van der Waals surface area contributed by atoms with Crippen molar-refractivity contribution in [1.82, 2.24) is 10.6 Å². The molecule has 4 heteroatoms. The van der Waals surface area contributed by atoms with Crippen LogP contribution in [-0.2, 0) is 9.53 Å². The molecular formula is C12H22N2O2. The average molecular weight is 226 g/mol. The number of hydrogen-bond acceptors (Lipinski definition) is 3. The molecule has 0 bridgehead atoms. The molecule has 0 radical (unpaired) electrons. The van der Waals surface area contributed by atoms with E-state index in [1.54, 1.807) is 0 Å². The summed E-state index contributed by atoms with van der Waals surface area (Å²) in [4.78, 5) is 11.4. The second kappa shape index (κ2) is 6.21. The van der Waals surface area contributed by atoms with Crippen LogP contribution in [0.15, 0.2) is 0 Å². The first kappa shape index (κ1) is 11.9. The molecule has 1 unspecified atom stereocenters. The minimum absolute atomic E-state index is 0.128. The van der Waals surface area contributed by atoms with E-state index in [9.17, 15) is 4.79 Å². The van der Waals surface area contributed by atoms with Gasteiger partial charge in [0.1, 0.15) is 0 Å². The van der Waals surface area contributed by atoms with E-state index in [1.165, 1.54) is 19.3 Å². The molecule has 0 aromatic carbocycles. The topological polar surface area (TPSA) is 50.4 Å². The lowest BCUT2D eigenvalue weighted by Crippen LogP contribution is -2.38. The fourth-order valence-electron chi connectivity index (χ4n) is 2.00. The van der Waals surface area contributed by atoms with Crippen LogP contribution in [0.1, 0.15) is 25.7 Å². The molecule has 1 heterocycles. The molecule has 1 saturated carbocycles. The maximum Gasteiger partial charge on any atom is 0.233 e. The molecule has 0 spiro atoms. The van der Waals surface area contributed by atoms with Crippen molar-refractivity contribution < 1.29 is 9.53 Å². The quantitative estimate of drug-likeness (QED) is 0.694. The predicted octanol–water partition coefficient (Wildman–Crippen LogP) is 0.529. The van der Waals surface area contributed by atoms with Crippen molar-refractivity contribution in [3.05, 3.63) is 0 Å². The van der Waals surface area contributed by atoms with Crippen LogP contribution in [-0.4, -0.2) is 38.8 Å². The van der Waals surface area contributed by atoms with Crippen LogP contribution in [0.4, 0.5) is 0 Å². The summed E-state index contributed by atoms with van der Waals surface area (Å²) in [6.07, 6.45) is 4.94. The Morgan fingerprint density at radius 2 is 2.06 bits per heavy atom. The van der Waals surface area contributed by atoms with Gasteiger partial charge in [0, 0.05) is 19.7 Å². The molecule has 2 fully saturated rings. The molecule has 0 aromatic heterocycles. The second-order valence-corrected chi connectivity index (χ2v) is 4.96. The second-order valence-electron chi connectivity index (χ2n) is 4.96. The smallest absolute Gasteiger partial charge is 0.233 e. The molecule has 1 atom stereocenters. The highest BCUT2D eigenvalue weighted by Crippen LogP contribution is 2.27. The Kier molecular flexibility index (Phi) is 4.60. The van der Waals surface area contributed by atoms with E-state index in [2.05, 4.69) is 10.6 Å². The average Bonchev–Trinajstić information content (AvgIpc) is 3.12. The summed E-state index contributed by atoms with van der Waals surface area (Å²) >= 11 is 0. The molecule has 1 amide bonds. The molecule has 1 aliphatic carbocycles. The van der Waals surface area contributed by atoms with Crippen molar-refractivity contribution in [1.29, 1.82) is 0 Å². The first-order valence-electron chi connectivity index (χ1n) is 6.40. The third-order valence-corrected chi connectivity index (χ3v) is 3.26. The van der Waals surface area contributed by atoms with Gasteiger partial charge >= 0.3 is 0 Å². The SMILES string of the molecule is O=C(CNCC1CCCOC1)NCC1CC1. The van der Waals surface area contributed by atoms with Gasteiger partial charge in [-0.2, -0.15) is 0 Å². The van der Waals surface area contributed by atoms with Crippen LogP contribution in [0.25, 0.3) is 0 Å². The third kappa shape index (κ3) is 4.49. The summed E-state index contributed by atoms with van der Waals surface area (Å²) in [5.74, 6) is 1.48. The summed E-state index contributed by atoms with van der Waals surface area (Å²) < 4.78 is 5.39. The Hall–Kier alpha value is -0.610. The largest absolute Gasteiger partial charge is 0.381 e. The minimum Gasteiger partial charge on any atom is -0.381 e. The van der Waals surface area contributed by atoms with E-state index < -0.39 is 0 Å². The molecule has 4 nitrogen and oxygen atoms in total. The molecule has 2 N–H and O–H groups in total. The molecule has 1 aliphatic heterocycles. The van der Waals surface area contributed by atoms with Crippen molar-refractivity contribution in [2.75, 3.05) is 32.8 Å². The Bertz CT molecular complexity index is 223. The number of hydrogen-bond donors (Lipinski definition) is 2. The van der Waals surface area contributed by atoms with Gasteiger partial charge in [-0.15, -0.1) is 0 Å². The van der Waals surface area contributed by atoms with Crippen LogP contribution in [0.2, 0.25) is 0 Å². The van der Waals surface area contributed by atoms with Gasteiger partial charge in [0.05, 0.1) is 13.2 Å². The predicted molar refractivity (Wildman–Crippen MR) is 62.1 cm³/mol. The highest BCUT2D eigenvalue weighted by atomic mass is 16.5. The van der Waals surface area contributed by atoms with Crippen LogP contribution in [0.3, 0.4) is 0 Å². The molecule has 0 aromatic rings. The van der Waals surface area contributed by atoms with E-state index >= 15 is 0 Å². The first-order valence-corrected chi connectivity index (χ1v) is 6.40. The van der Waals surface area contributed by atoms with Gasteiger partial charge < -0.3 is 15.4 Å². The number of ether oxygens (including phenoxy) is 1. The van der Waals surface area contributed by atoms with Crippen molar-refractivity contribution in [2.45, 2.75) is 25.7 Å². The highest BCUT2D eigenvalue weighted by molar-refractivity contribution is 5.77. The van der Waals surface area contributed by atoms with E-state index in [4.69, 9.17) is 4.74 Å². The molecule has 2 aliphatic rings. The number of carbonyl (C=O) groups is 1. The Balaban J connectivity index is 1.47. The Morgan fingerprint density at radius 1 is 1.19 bits per heavy atom. The van der Waals surface area contributed by atoms with Gasteiger partial charge in [-0.05, 0) is 37.5 Å². The number of nitrogens with one attached hydrogen (secondary N) is 2. The fourth-order valence-corrected chi connectivity index (χ4v) is 2.00. The van der Waals surface area contributed by atoms with Gasteiger partial charge in [-0.25, -0.2) is 0 Å². The lowest BCUT2D eigenvalue weighted by Gasteiger charge is -2.22. The lowest BCUT2D eigenvalue weighted by atomic mass is 10.0. The maximum atomic E-state index is 11.4. The van der Waals surface area contributed by atoms with E-state index in [0.717, 1.165) is 38.6 Å². The Morgan fingerprint density at radius 3 is 2.75 bits per heavy atom. The zero-order valence-electron chi connectivity index (χ0n) is 9.84. The summed E-state index contributed by atoms with van der Waals surface area (Å²) in [6, 6.07) is 0. The monoisotopic (exact) mass is 226 g/mol. The zero-order chi connectivity index (χ0) is 11.2. The van der Waals surface area contributed by atoms with Gasteiger partial charge in [-0.1, -0.05) is 0 Å². The van der Waals surface area contributed by atoms with Crippen molar-refractivity contribution >= 4 is 5.91 Å². The molecular weight excluding hydrogens is 204 g/mol. The Labute approximate surface area is 97.1 Å². The zero-order valence-corrected chi connectivity index (χ0v) is 9.84. The van der Waals surface area contributed by atoms with Gasteiger partial charge in [0.2, 0.25) is 5.91 Å². The van der Waals surface area contributed by atoms with Crippen LogP contribution >= 0.6 is 0 Å². The molecule has 92 valence electrons. The fraction of sp³-hybridized carbons (Fsp3) is 0.917. The summed E-state index contributed by atoms with van der Waals surface area (Å²) in [5.41, 5.74) is 0. The summed E-state index contributed by atoms with van der Waals surface area (Å²) in [5, 5.41) is 6.16. The summed E-state index contributed by atoms with van der Waals surface area (Å²) in [7, 11) is 0. The first-order chi connectivity index (χ1) is 7.84. The van der Waals surface area contributed by atoms with Crippen molar-refractivity contribution in [3.63, 3.8) is 0 Å². The maximum absolute atomic E-state index is 11.4. The van der Waals surface area contributed by atoms with Crippen LogP contribution < -0.4 is 10.6 Å². The molecule has 2 rings (SSSR count). The van der Waals surface area contributed by atoms with Crippen molar-refractivity contribution in [3.8, 4) is 0 Å². The number of rotatable bonds is 6. The number of amides is 1. The van der Waals surface area contributed by atoms with E-state index in [-0.39, 0.29) is 5.91 Å². The molecule has 1 saturated heterocycles. The van der Waals surface area contributed by atoms with Gasteiger partial charge in [0.15, 0.2) is 0 Å². The van der Waals surface area contributed by atoms with E-state index in [0.29, 0.717) is 12.5 Å². The summed E-state index contributed by atoms with van der Waals surface area (Å²) in [6.45, 7) is 3.96. The molecule has 16 heavy (non-hydrogen) atoms. The van der Waals surface area contributed by atoms with E-state index in [1.807, 2.05) is 0 Å². The van der Waals surface area contributed by atoms with Gasteiger partial charge in [0.25, 0.3) is 0 Å². The lowest BCUT2D eigenvalue weighted by molar-refractivity contribution is -0.120. The van der Waals surface area contributed by atoms with Crippen LogP contribution in [0.5, 0.6) is 0 Å². The van der Waals surface area contributed by atoms with Crippen LogP contribution in [0, 0.1) is 11.8 Å². The van der Waals surface area contributed by atoms with Crippen molar-refractivity contribution in [2.24, 2.45) is 11.8 Å². The third-order valence-electron chi connectivity index (χ3n) is 3.26. The highest BCUT2D eigenvalue weighted by Gasteiger charge is 2.21. The standard InChI is InChI=1S/C12H22N2O2/c15-12(14-7-10-3-4-10)8-13-6-11-2-1-5-16-9-11/h10-11,13H,1-9H2,(H,14,15). The van der Waals surface area contributed by atoms with Gasteiger partial charge in [-0.3, -0.25) is 4.79 Å². The normalized spacial score (nSPS) is 25.4. The minimum atomic E-state index is 0.128. The number of carbonyl (C=O) groups excluding carboxylic acids is 1.